The summed E-state index contributed by atoms with van der Waals surface area (Å²) in [6.07, 6.45) is 1.51. The Kier molecular flexibility index (Phi) is 3.40. The summed E-state index contributed by atoms with van der Waals surface area (Å²) in [5.74, 6) is -1.51. The van der Waals surface area contributed by atoms with Crippen LogP contribution < -0.4 is 0 Å². The lowest BCUT2D eigenvalue weighted by atomic mass is 10.1. The van der Waals surface area contributed by atoms with E-state index in [-0.39, 0.29) is 16.3 Å². The van der Waals surface area contributed by atoms with Crippen LogP contribution in [0.25, 0.3) is 0 Å². The van der Waals surface area contributed by atoms with Crippen LogP contribution in [0.3, 0.4) is 0 Å². The summed E-state index contributed by atoms with van der Waals surface area (Å²) in [5, 5.41) is 9.34. The summed E-state index contributed by atoms with van der Waals surface area (Å²) >= 11 is 6.68. The second kappa shape index (κ2) is 4.81. The van der Waals surface area contributed by atoms with Gasteiger partial charge in [-0.1, -0.05) is 23.7 Å². The van der Waals surface area contributed by atoms with E-state index >= 15 is 0 Å². The molecule has 0 bridgehead atoms. The predicted molar refractivity (Wildman–Crippen MR) is 63.3 cm³/mol. The number of rotatable bonds is 3. The molecule has 0 aliphatic carbocycles. The van der Waals surface area contributed by atoms with Gasteiger partial charge in [-0.3, -0.25) is 0 Å². The molecule has 1 aromatic carbocycles. The summed E-state index contributed by atoms with van der Waals surface area (Å²) in [5.41, 5.74) is 0.406. The summed E-state index contributed by atoms with van der Waals surface area (Å²) in [6, 6.07) is 4.71. The number of aromatic nitrogens is 1. The Morgan fingerprint density at radius 1 is 1.53 bits per heavy atom. The zero-order valence-corrected chi connectivity index (χ0v) is 10.1. The maximum absolute atomic E-state index is 13.6. The van der Waals surface area contributed by atoms with E-state index in [2.05, 4.69) is 4.98 Å². The van der Waals surface area contributed by atoms with Crippen molar-refractivity contribution in [3.63, 3.8) is 0 Å². The molecule has 0 fully saturated rings. The zero-order chi connectivity index (χ0) is 12.4. The van der Waals surface area contributed by atoms with Gasteiger partial charge in [0.2, 0.25) is 0 Å². The normalized spacial score (nSPS) is 10.5. The van der Waals surface area contributed by atoms with Crippen LogP contribution in [0.5, 0.6) is 0 Å². The number of nitrogens with zero attached hydrogens (tertiary/aromatic N) is 1. The molecule has 0 unspecified atom stereocenters. The van der Waals surface area contributed by atoms with Crippen molar-refractivity contribution in [1.29, 1.82) is 0 Å². The third kappa shape index (κ3) is 2.62. The quantitative estimate of drug-likeness (QED) is 0.932. The maximum Gasteiger partial charge on any atom is 0.347 e. The van der Waals surface area contributed by atoms with Crippen LogP contribution in [0.15, 0.2) is 24.4 Å². The second-order valence-electron chi connectivity index (χ2n) is 3.31. The smallest absolute Gasteiger partial charge is 0.347 e. The van der Waals surface area contributed by atoms with Gasteiger partial charge >= 0.3 is 5.97 Å². The SMILES string of the molecule is O=C(O)c1cnc(Cc2cccc(Cl)c2F)s1. The summed E-state index contributed by atoms with van der Waals surface area (Å²) in [6.45, 7) is 0. The summed E-state index contributed by atoms with van der Waals surface area (Å²) < 4.78 is 13.6. The molecule has 3 nitrogen and oxygen atoms in total. The topological polar surface area (TPSA) is 50.2 Å². The van der Waals surface area contributed by atoms with Gasteiger partial charge in [-0.05, 0) is 11.6 Å². The highest BCUT2D eigenvalue weighted by atomic mass is 35.5. The molecule has 6 heteroatoms. The highest BCUT2D eigenvalue weighted by molar-refractivity contribution is 7.13. The standard InChI is InChI=1S/C11H7ClFNO2S/c12-7-3-1-2-6(10(7)13)4-9-14-5-8(17-9)11(15)16/h1-3,5H,4H2,(H,15,16). The molecule has 2 aromatic rings. The highest BCUT2D eigenvalue weighted by Gasteiger charge is 2.12. The van der Waals surface area contributed by atoms with Crippen LogP contribution in [0, 0.1) is 5.82 Å². The Morgan fingerprint density at radius 3 is 2.94 bits per heavy atom. The number of carboxylic acid groups (broad SMARTS) is 1. The van der Waals surface area contributed by atoms with Gasteiger partial charge in [0.05, 0.1) is 16.2 Å². The third-order valence-electron chi connectivity index (χ3n) is 2.14. The molecule has 0 saturated carbocycles. The molecule has 0 radical (unpaired) electrons. The van der Waals surface area contributed by atoms with Gasteiger partial charge in [0, 0.05) is 6.42 Å². The molecule has 2 rings (SSSR count). The number of carboxylic acids is 1. The molecule has 88 valence electrons. The van der Waals surface area contributed by atoms with Crippen molar-refractivity contribution in [2.75, 3.05) is 0 Å². The molecular formula is C11H7ClFNO2S. The van der Waals surface area contributed by atoms with E-state index in [0.717, 1.165) is 11.3 Å². The van der Waals surface area contributed by atoms with E-state index in [1.54, 1.807) is 12.1 Å². The predicted octanol–water partition coefficient (Wildman–Crippen LogP) is 3.22. The Bertz CT molecular complexity index is 570. The van der Waals surface area contributed by atoms with Crippen LogP contribution in [0.1, 0.15) is 20.2 Å². The molecule has 1 aromatic heterocycles. The van der Waals surface area contributed by atoms with Gasteiger partial charge < -0.3 is 5.11 Å². The van der Waals surface area contributed by atoms with Crippen LogP contribution in [-0.2, 0) is 6.42 Å². The van der Waals surface area contributed by atoms with Gasteiger partial charge in [0.25, 0.3) is 0 Å². The molecule has 0 aliphatic rings. The minimum absolute atomic E-state index is 0.0533. The average Bonchev–Trinajstić information content (AvgIpc) is 2.73. The fraction of sp³-hybridized carbons (Fsp3) is 0.0909. The lowest BCUT2D eigenvalue weighted by Gasteiger charge is -2.01. The van der Waals surface area contributed by atoms with Gasteiger partial charge in [-0.15, -0.1) is 11.3 Å². The van der Waals surface area contributed by atoms with Crippen molar-refractivity contribution in [1.82, 2.24) is 4.98 Å². The number of aromatic carboxylic acids is 1. The molecule has 0 spiro atoms. The van der Waals surface area contributed by atoms with E-state index in [4.69, 9.17) is 16.7 Å². The Morgan fingerprint density at radius 2 is 2.29 bits per heavy atom. The first kappa shape index (κ1) is 12.0. The molecule has 1 N–H and O–H groups in total. The van der Waals surface area contributed by atoms with Crippen molar-refractivity contribution in [2.45, 2.75) is 6.42 Å². The van der Waals surface area contributed by atoms with Crippen molar-refractivity contribution in [3.8, 4) is 0 Å². The fourth-order valence-corrected chi connectivity index (χ4v) is 2.31. The Balaban J connectivity index is 2.25. The van der Waals surface area contributed by atoms with Crippen LogP contribution in [0.4, 0.5) is 4.39 Å². The van der Waals surface area contributed by atoms with E-state index in [1.165, 1.54) is 12.3 Å². The summed E-state index contributed by atoms with van der Waals surface area (Å²) in [4.78, 5) is 14.7. The molecular weight excluding hydrogens is 265 g/mol. The first-order valence-electron chi connectivity index (χ1n) is 4.69. The molecule has 0 atom stereocenters. The van der Waals surface area contributed by atoms with Crippen LogP contribution >= 0.6 is 22.9 Å². The minimum atomic E-state index is -1.03. The number of carbonyl (C=O) groups is 1. The number of benzene rings is 1. The zero-order valence-electron chi connectivity index (χ0n) is 8.48. The van der Waals surface area contributed by atoms with Gasteiger partial charge in [0.1, 0.15) is 10.7 Å². The van der Waals surface area contributed by atoms with Gasteiger partial charge in [-0.2, -0.15) is 0 Å². The summed E-state index contributed by atoms with van der Waals surface area (Å²) in [7, 11) is 0. The lowest BCUT2D eigenvalue weighted by Crippen LogP contribution is -1.92. The lowest BCUT2D eigenvalue weighted by molar-refractivity contribution is 0.0702. The number of hydrogen-bond donors (Lipinski definition) is 1. The second-order valence-corrected chi connectivity index (χ2v) is 4.84. The average molecular weight is 272 g/mol. The van der Waals surface area contributed by atoms with Crippen molar-refractivity contribution >= 4 is 28.9 Å². The number of hydrogen-bond acceptors (Lipinski definition) is 3. The molecule has 0 amide bonds. The highest BCUT2D eigenvalue weighted by Crippen LogP contribution is 2.22. The Labute approximate surface area is 106 Å². The van der Waals surface area contributed by atoms with E-state index in [9.17, 15) is 9.18 Å². The first-order chi connectivity index (χ1) is 8.08. The van der Waals surface area contributed by atoms with E-state index in [1.807, 2.05) is 0 Å². The van der Waals surface area contributed by atoms with Crippen molar-refractivity contribution in [2.24, 2.45) is 0 Å². The number of thiazole rings is 1. The van der Waals surface area contributed by atoms with Crippen molar-refractivity contribution < 1.29 is 14.3 Å². The number of halogens is 2. The monoisotopic (exact) mass is 271 g/mol. The maximum atomic E-state index is 13.6. The Hall–Kier alpha value is -1.46. The molecule has 0 aliphatic heterocycles. The third-order valence-corrected chi connectivity index (χ3v) is 3.41. The van der Waals surface area contributed by atoms with Gasteiger partial charge in [-0.25, -0.2) is 14.2 Å². The fourth-order valence-electron chi connectivity index (χ4n) is 1.34. The minimum Gasteiger partial charge on any atom is -0.477 e. The van der Waals surface area contributed by atoms with E-state index < -0.39 is 11.8 Å². The molecule has 1 heterocycles. The first-order valence-corrected chi connectivity index (χ1v) is 5.88. The largest absolute Gasteiger partial charge is 0.477 e. The molecule has 0 saturated heterocycles. The van der Waals surface area contributed by atoms with E-state index in [0.29, 0.717) is 10.6 Å². The van der Waals surface area contributed by atoms with Gasteiger partial charge in [0.15, 0.2) is 0 Å². The molecule has 17 heavy (non-hydrogen) atoms. The van der Waals surface area contributed by atoms with Crippen molar-refractivity contribution in [3.05, 3.63) is 50.7 Å². The van der Waals surface area contributed by atoms with Crippen LogP contribution in [-0.4, -0.2) is 16.1 Å². The van der Waals surface area contributed by atoms with Crippen LogP contribution in [0.2, 0.25) is 5.02 Å².